The molecule has 0 aliphatic rings. The van der Waals surface area contributed by atoms with E-state index in [1.165, 1.54) is 6.07 Å². The number of nitrogens with two attached hydrogens (primary N) is 1. The average molecular weight is 245 g/mol. The predicted molar refractivity (Wildman–Crippen MR) is 65.9 cm³/mol. The molecule has 1 rings (SSSR count). The quantitative estimate of drug-likeness (QED) is 0.634. The lowest BCUT2D eigenvalue weighted by atomic mass is 10.3. The van der Waals surface area contributed by atoms with E-state index >= 15 is 0 Å². The van der Waals surface area contributed by atoms with E-state index in [1.54, 1.807) is 30.0 Å². The molecule has 5 heteroatoms. The van der Waals surface area contributed by atoms with Gasteiger partial charge in [-0.15, -0.1) is 0 Å². The first kappa shape index (κ1) is 12.4. The standard InChI is InChI=1S/C10H15NO2S2/c1-2-14-6-7-15(12,13)10-5-3-4-9(11)8-10/h3-5,8H,2,6-7,11H2,1H3. The van der Waals surface area contributed by atoms with Crippen LogP contribution in [-0.4, -0.2) is 25.7 Å². The third-order valence-electron chi connectivity index (χ3n) is 1.92. The van der Waals surface area contributed by atoms with Gasteiger partial charge in [0.2, 0.25) is 0 Å². The predicted octanol–water partition coefficient (Wildman–Crippen LogP) is 1.80. The minimum Gasteiger partial charge on any atom is -0.399 e. The highest BCUT2D eigenvalue weighted by atomic mass is 32.2. The lowest BCUT2D eigenvalue weighted by molar-refractivity contribution is 0.597. The van der Waals surface area contributed by atoms with E-state index in [0.717, 1.165) is 5.75 Å². The van der Waals surface area contributed by atoms with Crippen LogP contribution in [0.5, 0.6) is 0 Å². The Balaban J connectivity index is 2.77. The molecule has 0 unspecified atom stereocenters. The Labute approximate surface area is 95.0 Å². The van der Waals surface area contributed by atoms with Gasteiger partial charge in [-0.1, -0.05) is 13.0 Å². The fourth-order valence-electron chi connectivity index (χ4n) is 1.14. The summed E-state index contributed by atoms with van der Waals surface area (Å²) in [4.78, 5) is 0.319. The van der Waals surface area contributed by atoms with Crippen molar-refractivity contribution < 1.29 is 8.42 Å². The fraction of sp³-hybridized carbons (Fsp3) is 0.400. The average Bonchev–Trinajstić information content (AvgIpc) is 2.18. The summed E-state index contributed by atoms with van der Waals surface area (Å²) in [6.45, 7) is 2.01. The van der Waals surface area contributed by atoms with Crippen LogP contribution in [0.4, 0.5) is 5.69 Å². The van der Waals surface area contributed by atoms with Crippen LogP contribution in [0.2, 0.25) is 0 Å². The summed E-state index contributed by atoms with van der Waals surface area (Å²) in [5.41, 5.74) is 6.03. The number of benzene rings is 1. The Morgan fingerprint density at radius 1 is 1.40 bits per heavy atom. The SMILES string of the molecule is CCSCCS(=O)(=O)c1cccc(N)c1. The van der Waals surface area contributed by atoms with Gasteiger partial charge >= 0.3 is 0 Å². The number of hydrogen-bond acceptors (Lipinski definition) is 4. The second kappa shape index (κ2) is 5.42. The van der Waals surface area contributed by atoms with Gasteiger partial charge in [-0.05, 0) is 24.0 Å². The molecule has 1 aromatic carbocycles. The van der Waals surface area contributed by atoms with Crippen molar-refractivity contribution in [2.24, 2.45) is 0 Å². The first-order chi connectivity index (χ1) is 7.06. The van der Waals surface area contributed by atoms with Crippen molar-refractivity contribution in [1.82, 2.24) is 0 Å². The number of rotatable bonds is 5. The molecule has 0 aliphatic carbocycles. The van der Waals surface area contributed by atoms with E-state index < -0.39 is 9.84 Å². The van der Waals surface area contributed by atoms with Crippen molar-refractivity contribution in [2.45, 2.75) is 11.8 Å². The first-order valence-electron chi connectivity index (χ1n) is 4.72. The second-order valence-electron chi connectivity index (χ2n) is 3.09. The molecule has 2 N–H and O–H groups in total. The van der Waals surface area contributed by atoms with Crippen LogP contribution in [-0.2, 0) is 9.84 Å². The molecule has 0 aliphatic heterocycles. The lowest BCUT2D eigenvalue weighted by Gasteiger charge is -2.04. The normalized spacial score (nSPS) is 11.5. The van der Waals surface area contributed by atoms with Crippen molar-refractivity contribution >= 4 is 27.3 Å². The van der Waals surface area contributed by atoms with E-state index in [9.17, 15) is 8.42 Å². The Morgan fingerprint density at radius 2 is 2.13 bits per heavy atom. The van der Waals surface area contributed by atoms with E-state index in [4.69, 9.17) is 5.73 Å². The zero-order valence-electron chi connectivity index (χ0n) is 8.64. The number of anilines is 1. The summed E-state index contributed by atoms with van der Waals surface area (Å²) in [7, 11) is -3.16. The molecule has 0 atom stereocenters. The third kappa shape index (κ3) is 3.76. The van der Waals surface area contributed by atoms with Crippen molar-refractivity contribution in [3.05, 3.63) is 24.3 Å². The van der Waals surface area contributed by atoms with Crippen LogP contribution in [0, 0.1) is 0 Å². The summed E-state index contributed by atoms with van der Waals surface area (Å²) < 4.78 is 23.6. The number of hydrogen-bond donors (Lipinski definition) is 1. The van der Waals surface area contributed by atoms with Gasteiger partial charge in [0.1, 0.15) is 0 Å². The van der Waals surface area contributed by atoms with E-state index in [0.29, 0.717) is 16.3 Å². The van der Waals surface area contributed by atoms with E-state index in [-0.39, 0.29) is 5.75 Å². The molecule has 0 fully saturated rings. The summed E-state index contributed by atoms with van der Waals surface area (Å²) in [6, 6.07) is 6.43. The van der Waals surface area contributed by atoms with Gasteiger partial charge in [0.05, 0.1) is 10.6 Å². The van der Waals surface area contributed by atoms with Gasteiger partial charge in [-0.2, -0.15) is 11.8 Å². The van der Waals surface area contributed by atoms with Crippen LogP contribution >= 0.6 is 11.8 Å². The maximum Gasteiger partial charge on any atom is 0.179 e. The topological polar surface area (TPSA) is 60.2 Å². The molecule has 0 bridgehead atoms. The van der Waals surface area contributed by atoms with Crippen LogP contribution in [0.3, 0.4) is 0 Å². The first-order valence-corrected chi connectivity index (χ1v) is 7.53. The van der Waals surface area contributed by atoms with Gasteiger partial charge < -0.3 is 5.73 Å². The lowest BCUT2D eigenvalue weighted by Crippen LogP contribution is -2.09. The molecule has 0 saturated heterocycles. The van der Waals surface area contributed by atoms with Crippen LogP contribution in [0.15, 0.2) is 29.2 Å². The van der Waals surface area contributed by atoms with Gasteiger partial charge in [0, 0.05) is 11.4 Å². The van der Waals surface area contributed by atoms with Gasteiger partial charge in [0.15, 0.2) is 9.84 Å². The summed E-state index contributed by atoms with van der Waals surface area (Å²) in [5, 5.41) is 0. The third-order valence-corrected chi connectivity index (χ3v) is 4.79. The highest BCUT2D eigenvalue weighted by Crippen LogP contribution is 2.15. The van der Waals surface area contributed by atoms with Gasteiger partial charge in [-0.3, -0.25) is 0 Å². The largest absolute Gasteiger partial charge is 0.399 e. The Kier molecular flexibility index (Phi) is 4.47. The fourth-order valence-corrected chi connectivity index (χ4v) is 3.61. The zero-order valence-corrected chi connectivity index (χ0v) is 10.3. The molecule has 0 spiro atoms. The minimum atomic E-state index is -3.16. The van der Waals surface area contributed by atoms with Crippen molar-refractivity contribution in [3.63, 3.8) is 0 Å². The maximum absolute atomic E-state index is 11.8. The molecule has 0 radical (unpaired) electrons. The molecule has 1 aromatic rings. The summed E-state index contributed by atoms with van der Waals surface area (Å²) in [5.74, 6) is 1.75. The van der Waals surface area contributed by atoms with Crippen LogP contribution in [0.1, 0.15) is 6.92 Å². The van der Waals surface area contributed by atoms with E-state index in [2.05, 4.69) is 0 Å². The summed E-state index contributed by atoms with van der Waals surface area (Å²) >= 11 is 1.62. The molecule has 0 saturated carbocycles. The molecule has 0 aromatic heterocycles. The number of sulfone groups is 1. The molecule has 0 amide bonds. The van der Waals surface area contributed by atoms with Crippen molar-refractivity contribution in [2.75, 3.05) is 23.0 Å². The Hall–Kier alpha value is -0.680. The Bertz CT molecular complexity index is 415. The van der Waals surface area contributed by atoms with Crippen molar-refractivity contribution in [3.8, 4) is 0 Å². The molecular formula is C10H15NO2S2. The molecular weight excluding hydrogens is 230 g/mol. The number of nitrogen functional groups attached to an aromatic ring is 1. The van der Waals surface area contributed by atoms with E-state index in [1.807, 2.05) is 6.92 Å². The zero-order chi connectivity index (χ0) is 11.3. The summed E-state index contributed by atoms with van der Waals surface area (Å²) in [6.07, 6.45) is 0. The smallest absolute Gasteiger partial charge is 0.179 e. The maximum atomic E-state index is 11.8. The highest BCUT2D eigenvalue weighted by Gasteiger charge is 2.13. The van der Waals surface area contributed by atoms with Crippen LogP contribution < -0.4 is 5.73 Å². The molecule has 15 heavy (non-hydrogen) atoms. The van der Waals surface area contributed by atoms with Crippen molar-refractivity contribution in [1.29, 1.82) is 0 Å². The second-order valence-corrected chi connectivity index (χ2v) is 6.59. The monoisotopic (exact) mass is 245 g/mol. The van der Waals surface area contributed by atoms with Gasteiger partial charge in [-0.25, -0.2) is 8.42 Å². The Morgan fingerprint density at radius 3 is 2.73 bits per heavy atom. The van der Waals surface area contributed by atoms with Gasteiger partial charge in [0.25, 0.3) is 0 Å². The molecule has 0 heterocycles. The molecule has 3 nitrogen and oxygen atoms in total. The number of thioether (sulfide) groups is 1. The van der Waals surface area contributed by atoms with Crippen LogP contribution in [0.25, 0.3) is 0 Å². The highest BCUT2D eigenvalue weighted by molar-refractivity contribution is 8.00. The minimum absolute atomic E-state index is 0.176. The molecule has 84 valence electrons.